The molecule has 2 aromatic heterocycles. The number of hydrogen-bond donors (Lipinski definition) is 0. The summed E-state index contributed by atoms with van der Waals surface area (Å²) < 4.78 is 15.1. The lowest BCUT2D eigenvalue weighted by atomic mass is 10.0. The average molecular weight is 330 g/mol. The lowest BCUT2D eigenvalue weighted by Crippen LogP contribution is -2.47. The summed E-state index contributed by atoms with van der Waals surface area (Å²) in [6.07, 6.45) is 3.42. The van der Waals surface area contributed by atoms with Gasteiger partial charge in [-0.1, -0.05) is 0 Å². The lowest BCUT2D eigenvalue weighted by Gasteiger charge is -2.37. The normalized spacial score (nSPS) is 20.0. The fraction of sp³-hybridized carbons (Fsp3) is 0.529. The Labute approximate surface area is 140 Å². The molecule has 0 atom stereocenters. The van der Waals surface area contributed by atoms with Crippen molar-refractivity contribution >= 4 is 5.91 Å². The highest BCUT2D eigenvalue weighted by Gasteiger charge is 2.41. The van der Waals surface area contributed by atoms with E-state index in [-0.39, 0.29) is 5.91 Å². The van der Waals surface area contributed by atoms with Gasteiger partial charge in [-0.3, -0.25) is 9.48 Å². The fourth-order valence-electron chi connectivity index (χ4n) is 3.52. The molecule has 24 heavy (non-hydrogen) atoms. The zero-order valence-electron chi connectivity index (χ0n) is 14.1. The third-order valence-corrected chi connectivity index (χ3v) is 4.93. The van der Waals surface area contributed by atoms with Gasteiger partial charge in [0, 0.05) is 46.2 Å². The summed E-state index contributed by atoms with van der Waals surface area (Å²) in [5.74, 6) is -0.449. The summed E-state index contributed by atoms with van der Waals surface area (Å²) >= 11 is 0. The molecule has 2 fully saturated rings. The minimum Gasteiger partial charge on any atom is -0.349 e. The highest BCUT2D eigenvalue weighted by atomic mass is 16.7. The predicted molar refractivity (Wildman–Crippen MR) is 87.4 cm³/mol. The molecular weight excluding hydrogens is 308 g/mol. The summed E-state index contributed by atoms with van der Waals surface area (Å²) in [7, 11) is 3.78. The molecule has 4 rings (SSSR count). The van der Waals surface area contributed by atoms with Crippen LogP contribution in [0, 0.1) is 0 Å². The molecule has 1 amide bonds. The highest BCUT2D eigenvalue weighted by molar-refractivity contribution is 5.93. The standard InChI is InChI=1S/C17H22N4O3/c1-19-7-3-4-14(19)13-12-15(20(2)18-13)16(22)21-8-5-17(6-9-21)23-10-11-24-17/h3-4,7,12H,5-6,8-11H2,1-2H3. The molecule has 0 saturated carbocycles. The molecule has 1 spiro atoms. The molecule has 2 aromatic rings. The van der Waals surface area contributed by atoms with E-state index in [1.807, 2.05) is 48.0 Å². The first kappa shape index (κ1) is 15.4. The predicted octanol–water partition coefficient (Wildman–Crippen LogP) is 1.40. The van der Waals surface area contributed by atoms with Gasteiger partial charge in [-0.2, -0.15) is 5.10 Å². The van der Waals surface area contributed by atoms with Crippen LogP contribution in [0.4, 0.5) is 0 Å². The first-order valence-electron chi connectivity index (χ1n) is 8.31. The van der Waals surface area contributed by atoms with Crippen LogP contribution in [0.5, 0.6) is 0 Å². The van der Waals surface area contributed by atoms with E-state index in [9.17, 15) is 4.79 Å². The van der Waals surface area contributed by atoms with Crippen molar-refractivity contribution in [1.29, 1.82) is 0 Å². The van der Waals surface area contributed by atoms with E-state index in [0.29, 0.717) is 32.0 Å². The van der Waals surface area contributed by atoms with E-state index in [1.165, 1.54) is 0 Å². The van der Waals surface area contributed by atoms with Gasteiger partial charge in [-0.05, 0) is 18.2 Å². The van der Waals surface area contributed by atoms with Crippen LogP contribution in [-0.2, 0) is 23.6 Å². The van der Waals surface area contributed by atoms with E-state index in [4.69, 9.17) is 9.47 Å². The number of aromatic nitrogens is 3. The number of amides is 1. The molecule has 0 unspecified atom stereocenters. The van der Waals surface area contributed by atoms with E-state index >= 15 is 0 Å². The van der Waals surface area contributed by atoms with Crippen molar-refractivity contribution in [3.05, 3.63) is 30.1 Å². The van der Waals surface area contributed by atoms with Crippen molar-refractivity contribution in [3.8, 4) is 11.4 Å². The van der Waals surface area contributed by atoms with Gasteiger partial charge in [-0.15, -0.1) is 0 Å². The van der Waals surface area contributed by atoms with Gasteiger partial charge in [-0.25, -0.2) is 0 Å². The monoisotopic (exact) mass is 330 g/mol. The second kappa shape index (κ2) is 5.75. The zero-order valence-corrected chi connectivity index (χ0v) is 14.1. The first-order valence-corrected chi connectivity index (χ1v) is 8.31. The van der Waals surface area contributed by atoms with Crippen molar-refractivity contribution in [2.24, 2.45) is 14.1 Å². The van der Waals surface area contributed by atoms with Crippen LogP contribution in [0.3, 0.4) is 0 Å². The maximum absolute atomic E-state index is 12.9. The Bertz CT molecular complexity index is 748. The minimum absolute atomic E-state index is 0.0123. The van der Waals surface area contributed by atoms with Gasteiger partial charge in [0.05, 0.1) is 18.9 Å². The van der Waals surface area contributed by atoms with Crippen LogP contribution < -0.4 is 0 Å². The molecule has 4 heterocycles. The molecule has 2 saturated heterocycles. The molecule has 128 valence electrons. The van der Waals surface area contributed by atoms with Crippen molar-refractivity contribution < 1.29 is 14.3 Å². The Morgan fingerprint density at radius 2 is 1.92 bits per heavy atom. The van der Waals surface area contributed by atoms with Gasteiger partial charge in [0.1, 0.15) is 11.4 Å². The van der Waals surface area contributed by atoms with Crippen molar-refractivity contribution in [2.75, 3.05) is 26.3 Å². The van der Waals surface area contributed by atoms with Gasteiger partial charge in [0.15, 0.2) is 5.79 Å². The first-order chi connectivity index (χ1) is 11.6. The van der Waals surface area contributed by atoms with Crippen LogP contribution in [0.2, 0.25) is 0 Å². The third-order valence-electron chi connectivity index (χ3n) is 4.93. The maximum atomic E-state index is 12.9. The minimum atomic E-state index is -0.461. The van der Waals surface area contributed by atoms with E-state index in [1.54, 1.807) is 4.68 Å². The Hall–Kier alpha value is -2.12. The number of carbonyl (C=O) groups excluding carboxylic acids is 1. The molecule has 0 radical (unpaired) electrons. The van der Waals surface area contributed by atoms with E-state index < -0.39 is 5.79 Å². The van der Waals surface area contributed by atoms with E-state index in [0.717, 1.165) is 24.2 Å². The molecule has 2 aliphatic heterocycles. The fourth-order valence-corrected chi connectivity index (χ4v) is 3.52. The highest BCUT2D eigenvalue weighted by Crippen LogP contribution is 2.32. The van der Waals surface area contributed by atoms with Crippen LogP contribution in [0.15, 0.2) is 24.4 Å². The van der Waals surface area contributed by atoms with Crippen molar-refractivity contribution in [3.63, 3.8) is 0 Å². The van der Waals surface area contributed by atoms with E-state index in [2.05, 4.69) is 5.10 Å². The van der Waals surface area contributed by atoms with Crippen molar-refractivity contribution in [1.82, 2.24) is 19.2 Å². The summed E-state index contributed by atoms with van der Waals surface area (Å²) in [5, 5.41) is 4.50. The SMILES string of the molecule is Cn1cccc1-c1cc(C(=O)N2CCC3(CC2)OCCO3)n(C)n1. The molecule has 0 bridgehead atoms. The Morgan fingerprint density at radius 3 is 2.54 bits per heavy atom. The quantitative estimate of drug-likeness (QED) is 0.835. The molecule has 0 N–H and O–H groups in total. The van der Waals surface area contributed by atoms with Crippen LogP contribution >= 0.6 is 0 Å². The van der Waals surface area contributed by atoms with Gasteiger partial charge < -0.3 is 18.9 Å². The number of likely N-dealkylation sites (tertiary alicyclic amines) is 1. The number of hydrogen-bond acceptors (Lipinski definition) is 4. The number of ether oxygens (including phenoxy) is 2. The Morgan fingerprint density at radius 1 is 1.21 bits per heavy atom. The molecular formula is C17H22N4O3. The summed E-state index contributed by atoms with van der Waals surface area (Å²) in [5.41, 5.74) is 2.41. The Balaban J connectivity index is 1.51. The summed E-state index contributed by atoms with van der Waals surface area (Å²) in [4.78, 5) is 14.7. The van der Waals surface area contributed by atoms with Gasteiger partial charge in [0.2, 0.25) is 0 Å². The van der Waals surface area contributed by atoms with Gasteiger partial charge >= 0.3 is 0 Å². The molecule has 7 heteroatoms. The second-order valence-electron chi connectivity index (χ2n) is 6.44. The smallest absolute Gasteiger partial charge is 0.272 e. The average Bonchev–Trinajstić information content (AvgIpc) is 3.28. The number of aryl methyl sites for hydroxylation is 2. The van der Waals surface area contributed by atoms with Crippen molar-refractivity contribution in [2.45, 2.75) is 18.6 Å². The maximum Gasteiger partial charge on any atom is 0.272 e. The number of rotatable bonds is 2. The number of nitrogens with zero attached hydrogens (tertiary/aromatic N) is 4. The molecule has 7 nitrogen and oxygen atoms in total. The second-order valence-corrected chi connectivity index (χ2v) is 6.44. The summed E-state index contributed by atoms with van der Waals surface area (Å²) in [6, 6.07) is 5.83. The third kappa shape index (κ3) is 2.53. The van der Waals surface area contributed by atoms with Crippen LogP contribution in [0.25, 0.3) is 11.4 Å². The van der Waals surface area contributed by atoms with Crippen LogP contribution in [-0.4, -0.2) is 57.2 Å². The molecule has 2 aliphatic rings. The van der Waals surface area contributed by atoms with Gasteiger partial charge in [0.25, 0.3) is 5.91 Å². The Kier molecular flexibility index (Phi) is 3.69. The summed E-state index contributed by atoms with van der Waals surface area (Å²) in [6.45, 7) is 2.58. The lowest BCUT2D eigenvalue weighted by molar-refractivity contribution is -0.181. The molecule has 0 aromatic carbocycles. The number of carbonyl (C=O) groups is 1. The van der Waals surface area contributed by atoms with Crippen LogP contribution in [0.1, 0.15) is 23.3 Å². The zero-order chi connectivity index (χ0) is 16.7. The topological polar surface area (TPSA) is 61.5 Å². The number of piperidine rings is 1. The molecule has 0 aliphatic carbocycles. The largest absolute Gasteiger partial charge is 0.349 e.